The first-order chi connectivity index (χ1) is 7.04. The predicted octanol–water partition coefficient (Wildman–Crippen LogP) is 1.14. The lowest BCUT2D eigenvalue weighted by molar-refractivity contribution is 0.0923. The molecule has 5 heteroatoms. The van der Waals surface area contributed by atoms with E-state index in [2.05, 4.69) is 21.2 Å². The smallest absolute Gasteiger partial charge is 0.253 e. The van der Waals surface area contributed by atoms with Crippen molar-refractivity contribution in [3.63, 3.8) is 0 Å². The maximum Gasteiger partial charge on any atom is 0.253 e. The number of carbonyl (C=O) groups excluding carboxylic acids is 1. The average molecular weight is 273 g/mol. The van der Waals surface area contributed by atoms with Crippen LogP contribution >= 0.6 is 15.9 Å². The van der Waals surface area contributed by atoms with Gasteiger partial charge in [0.15, 0.2) is 0 Å². The molecule has 0 radical (unpaired) electrons. The van der Waals surface area contributed by atoms with Gasteiger partial charge in [-0.25, -0.2) is 0 Å². The van der Waals surface area contributed by atoms with Crippen molar-refractivity contribution < 1.29 is 9.90 Å². The zero-order valence-corrected chi connectivity index (χ0v) is 9.91. The van der Waals surface area contributed by atoms with E-state index in [1.807, 2.05) is 0 Å². The number of hydrogen-bond donors (Lipinski definition) is 3. The second-order valence-corrected chi connectivity index (χ2v) is 4.20. The topological polar surface area (TPSA) is 75.3 Å². The van der Waals surface area contributed by atoms with Crippen molar-refractivity contribution in [1.82, 2.24) is 5.32 Å². The van der Waals surface area contributed by atoms with E-state index in [9.17, 15) is 4.79 Å². The van der Waals surface area contributed by atoms with E-state index < -0.39 is 0 Å². The van der Waals surface area contributed by atoms with Gasteiger partial charge in [0.05, 0.1) is 12.2 Å². The highest BCUT2D eigenvalue weighted by molar-refractivity contribution is 9.10. The highest BCUT2D eigenvalue weighted by Gasteiger charge is 2.12. The Bertz CT molecular complexity index is 368. The van der Waals surface area contributed by atoms with Gasteiger partial charge >= 0.3 is 0 Å². The molecule has 1 amide bonds. The molecule has 1 aromatic rings. The van der Waals surface area contributed by atoms with E-state index in [-0.39, 0.29) is 18.6 Å². The third kappa shape index (κ3) is 3.21. The molecule has 1 rings (SSSR count). The van der Waals surface area contributed by atoms with Gasteiger partial charge < -0.3 is 16.2 Å². The minimum Gasteiger partial charge on any atom is -0.398 e. The van der Waals surface area contributed by atoms with Gasteiger partial charge in [-0.3, -0.25) is 4.79 Å². The van der Waals surface area contributed by atoms with Crippen LogP contribution in [0.1, 0.15) is 17.3 Å². The van der Waals surface area contributed by atoms with Gasteiger partial charge in [0.1, 0.15) is 0 Å². The van der Waals surface area contributed by atoms with Crippen LogP contribution in [-0.4, -0.2) is 23.7 Å². The Morgan fingerprint density at radius 2 is 2.33 bits per heavy atom. The third-order valence-electron chi connectivity index (χ3n) is 1.91. The summed E-state index contributed by atoms with van der Waals surface area (Å²) in [7, 11) is 0. The first kappa shape index (κ1) is 12.0. The summed E-state index contributed by atoms with van der Waals surface area (Å²) in [5.74, 6) is -0.282. The SMILES string of the molecule is C[C@H](CO)NC(=O)c1cc(Br)ccc1N. The Hall–Kier alpha value is -1.07. The quantitative estimate of drug-likeness (QED) is 0.723. The number of anilines is 1. The molecule has 0 saturated carbocycles. The van der Waals surface area contributed by atoms with Crippen LogP contribution in [-0.2, 0) is 0 Å². The number of hydrogen-bond acceptors (Lipinski definition) is 3. The van der Waals surface area contributed by atoms with Gasteiger partial charge in [0.25, 0.3) is 5.91 Å². The molecule has 0 saturated heterocycles. The number of benzene rings is 1. The highest BCUT2D eigenvalue weighted by Crippen LogP contribution is 2.18. The molecule has 0 aromatic heterocycles. The van der Waals surface area contributed by atoms with Gasteiger partial charge in [0.2, 0.25) is 0 Å². The summed E-state index contributed by atoms with van der Waals surface area (Å²) in [5, 5.41) is 11.4. The van der Waals surface area contributed by atoms with Crippen LogP contribution in [0.5, 0.6) is 0 Å². The molecule has 82 valence electrons. The third-order valence-corrected chi connectivity index (χ3v) is 2.40. The van der Waals surface area contributed by atoms with Crippen LogP contribution in [0.3, 0.4) is 0 Å². The lowest BCUT2D eigenvalue weighted by atomic mass is 10.1. The number of nitrogen functional groups attached to an aromatic ring is 1. The van der Waals surface area contributed by atoms with Crippen LogP contribution in [0.2, 0.25) is 0 Å². The fourth-order valence-electron chi connectivity index (χ4n) is 1.07. The maximum absolute atomic E-state index is 11.7. The molecular weight excluding hydrogens is 260 g/mol. The molecule has 1 atom stereocenters. The van der Waals surface area contributed by atoms with E-state index in [0.717, 1.165) is 4.47 Å². The standard InChI is InChI=1S/C10H13BrN2O2/c1-6(5-14)13-10(15)8-4-7(11)2-3-9(8)12/h2-4,6,14H,5,12H2,1H3,(H,13,15)/t6-/m1/s1. The molecule has 0 spiro atoms. The first-order valence-electron chi connectivity index (χ1n) is 4.51. The van der Waals surface area contributed by atoms with Crippen LogP contribution in [0.15, 0.2) is 22.7 Å². The monoisotopic (exact) mass is 272 g/mol. The van der Waals surface area contributed by atoms with Crippen LogP contribution in [0.4, 0.5) is 5.69 Å². The number of amides is 1. The normalized spacial score (nSPS) is 12.2. The lowest BCUT2D eigenvalue weighted by Gasteiger charge is -2.12. The summed E-state index contributed by atoms with van der Waals surface area (Å²) in [6, 6.07) is 4.79. The Morgan fingerprint density at radius 1 is 1.67 bits per heavy atom. The molecule has 1 aromatic carbocycles. The van der Waals surface area contributed by atoms with E-state index in [1.54, 1.807) is 25.1 Å². The second-order valence-electron chi connectivity index (χ2n) is 3.29. The minimum atomic E-state index is -0.282. The molecule has 0 unspecified atom stereocenters. The van der Waals surface area contributed by atoms with Gasteiger partial charge in [-0.1, -0.05) is 15.9 Å². The fraction of sp³-hybridized carbons (Fsp3) is 0.300. The number of halogens is 1. The van der Waals surface area contributed by atoms with E-state index in [4.69, 9.17) is 10.8 Å². The number of nitrogens with two attached hydrogens (primary N) is 1. The predicted molar refractivity (Wildman–Crippen MR) is 62.6 cm³/mol. The average Bonchev–Trinajstić information content (AvgIpc) is 2.21. The largest absolute Gasteiger partial charge is 0.398 e. The minimum absolute atomic E-state index is 0.0976. The summed E-state index contributed by atoms with van der Waals surface area (Å²) in [5.41, 5.74) is 6.49. The van der Waals surface area contributed by atoms with Gasteiger partial charge in [-0.05, 0) is 25.1 Å². The zero-order chi connectivity index (χ0) is 11.4. The summed E-state index contributed by atoms with van der Waals surface area (Å²) in [4.78, 5) is 11.7. The summed E-state index contributed by atoms with van der Waals surface area (Å²) < 4.78 is 0.790. The Balaban J connectivity index is 2.86. The molecule has 0 aliphatic rings. The first-order valence-corrected chi connectivity index (χ1v) is 5.30. The molecule has 0 aliphatic heterocycles. The van der Waals surface area contributed by atoms with Crippen LogP contribution in [0.25, 0.3) is 0 Å². The van der Waals surface area contributed by atoms with Crippen molar-refractivity contribution in [2.75, 3.05) is 12.3 Å². The molecule has 4 nitrogen and oxygen atoms in total. The summed E-state index contributed by atoms with van der Waals surface area (Å²) in [6.07, 6.45) is 0. The lowest BCUT2D eigenvalue weighted by Crippen LogP contribution is -2.35. The van der Waals surface area contributed by atoms with E-state index in [0.29, 0.717) is 11.3 Å². The van der Waals surface area contributed by atoms with Gasteiger partial charge in [-0.2, -0.15) is 0 Å². The summed E-state index contributed by atoms with van der Waals surface area (Å²) >= 11 is 3.26. The number of carbonyl (C=O) groups is 1. The van der Waals surface area contributed by atoms with Crippen LogP contribution in [0, 0.1) is 0 Å². The van der Waals surface area contributed by atoms with E-state index >= 15 is 0 Å². The van der Waals surface area contributed by atoms with Gasteiger partial charge in [0, 0.05) is 16.2 Å². The van der Waals surface area contributed by atoms with E-state index in [1.165, 1.54) is 0 Å². The van der Waals surface area contributed by atoms with Crippen molar-refractivity contribution in [1.29, 1.82) is 0 Å². The van der Waals surface area contributed by atoms with Crippen molar-refractivity contribution in [3.05, 3.63) is 28.2 Å². The molecular formula is C10H13BrN2O2. The molecule has 0 bridgehead atoms. The van der Waals surface area contributed by atoms with Crippen molar-refractivity contribution in [2.24, 2.45) is 0 Å². The number of aliphatic hydroxyl groups excluding tert-OH is 1. The molecule has 0 fully saturated rings. The number of nitrogens with one attached hydrogen (secondary N) is 1. The molecule has 15 heavy (non-hydrogen) atoms. The van der Waals surface area contributed by atoms with Crippen LogP contribution < -0.4 is 11.1 Å². The fourth-order valence-corrected chi connectivity index (χ4v) is 1.43. The molecule has 0 heterocycles. The van der Waals surface area contributed by atoms with Crippen molar-refractivity contribution in [3.8, 4) is 0 Å². The highest BCUT2D eigenvalue weighted by atomic mass is 79.9. The summed E-state index contributed by atoms with van der Waals surface area (Å²) in [6.45, 7) is 1.62. The van der Waals surface area contributed by atoms with Crippen molar-refractivity contribution >= 4 is 27.5 Å². The zero-order valence-electron chi connectivity index (χ0n) is 8.33. The molecule has 4 N–H and O–H groups in total. The Labute approximate surface area is 96.6 Å². The number of rotatable bonds is 3. The Morgan fingerprint density at radius 3 is 2.93 bits per heavy atom. The van der Waals surface area contributed by atoms with Gasteiger partial charge in [-0.15, -0.1) is 0 Å². The van der Waals surface area contributed by atoms with Crippen molar-refractivity contribution in [2.45, 2.75) is 13.0 Å². The molecule has 0 aliphatic carbocycles. The second kappa shape index (κ2) is 5.14. The maximum atomic E-state index is 11.7. The number of aliphatic hydroxyl groups is 1. The Kier molecular flexibility index (Phi) is 4.11.